The quantitative estimate of drug-likeness (QED) is 0.489. The van der Waals surface area contributed by atoms with Gasteiger partial charge in [-0.1, -0.05) is 23.2 Å². The van der Waals surface area contributed by atoms with Gasteiger partial charge in [0, 0.05) is 22.6 Å². The van der Waals surface area contributed by atoms with Crippen LogP contribution in [0.5, 0.6) is 0 Å². The first kappa shape index (κ1) is 9.94. The Morgan fingerprint density at radius 2 is 2.00 bits per heavy atom. The van der Waals surface area contributed by atoms with Gasteiger partial charge in [0.2, 0.25) is 0 Å². The predicted molar refractivity (Wildman–Crippen MR) is 51.7 cm³/mol. The van der Waals surface area contributed by atoms with Crippen LogP contribution in [0.25, 0.3) is 0 Å². The molecule has 0 saturated carbocycles. The van der Waals surface area contributed by atoms with Crippen molar-refractivity contribution < 1.29 is 9.90 Å². The summed E-state index contributed by atoms with van der Waals surface area (Å²) >= 11 is 12.8. The Bertz CT molecular complexity index is 344. The third-order valence-electron chi connectivity index (χ3n) is 0.986. The van der Waals surface area contributed by atoms with Crippen LogP contribution in [-0.2, 0) is 0 Å². The first-order chi connectivity index (χ1) is 5.52. The summed E-state index contributed by atoms with van der Waals surface area (Å²) in [6.45, 7) is 0. The standard InChI is InChI=1S/C5HCl2IN2O2/c6-1-2(4(11)12)9-5(8)10-3(1)7/h(H,11,12). The maximum atomic E-state index is 10.5. The zero-order valence-corrected chi connectivity index (χ0v) is 9.05. The third kappa shape index (κ3) is 1.96. The number of hydrogen-bond acceptors (Lipinski definition) is 3. The summed E-state index contributed by atoms with van der Waals surface area (Å²) in [5, 5.41) is 8.40. The molecule has 0 spiro atoms. The Labute approximate surface area is 91.1 Å². The van der Waals surface area contributed by atoms with E-state index in [0.717, 1.165) is 0 Å². The van der Waals surface area contributed by atoms with Crippen LogP contribution in [0.1, 0.15) is 10.5 Å². The molecule has 1 aromatic rings. The molecule has 0 amide bonds. The lowest BCUT2D eigenvalue weighted by Gasteiger charge is -1.99. The Morgan fingerprint density at radius 3 is 2.50 bits per heavy atom. The number of rotatable bonds is 1. The number of aromatic carboxylic acids is 1. The number of halogens is 3. The van der Waals surface area contributed by atoms with Crippen LogP contribution < -0.4 is 0 Å². The zero-order chi connectivity index (χ0) is 9.30. The van der Waals surface area contributed by atoms with Gasteiger partial charge in [-0.05, 0) is 0 Å². The molecule has 0 aliphatic rings. The summed E-state index contributed by atoms with van der Waals surface area (Å²) in [5.41, 5.74) is -0.277. The van der Waals surface area contributed by atoms with Crippen LogP contribution in [0.3, 0.4) is 0 Å². The van der Waals surface area contributed by atoms with E-state index in [4.69, 9.17) is 28.3 Å². The van der Waals surface area contributed by atoms with Crippen LogP contribution in [0, 0.1) is 3.83 Å². The molecule has 1 heterocycles. The van der Waals surface area contributed by atoms with Crippen molar-refractivity contribution in [2.45, 2.75) is 0 Å². The Balaban J connectivity index is 3.37. The predicted octanol–water partition coefficient (Wildman–Crippen LogP) is 2.09. The smallest absolute Gasteiger partial charge is 0.356 e. The van der Waals surface area contributed by atoms with E-state index < -0.39 is 5.97 Å². The van der Waals surface area contributed by atoms with Gasteiger partial charge in [-0.15, -0.1) is 0 Å². The molecule has 0 fully saturated rings. The lowest BCUT2D eigenvalue weighted by molar-refractivity contribution is 0.0690. The maximum absolute atomic E-state index is 10.5. The summed E-state index contributed by atoms with van der Waals surface area (Å²) in [4.78, 5) is 17.7. The monoisotopic (exact) mass is 318 g/mol. The van der Waals surface area contributed by atoms with E-state index in [1.165, 1.54) is 0 Å². The Kier molecular flexibility index (Phi) is 3.08. The van der Waals surface area contributed by atoms with Crippen molar-refractivity contribution >= 4 is 51.8 Å². The molecule has 0 aliphatic carbocycles. The number of hydrogen-bond donors (Lipinski definition) is 1. The van der Waals surface area contributed by atoms with Crippen molar-refractivity contribution in [2.75, 3.05) is 0 Å². The molecular formula is C5HCl2IN2O2. The molecule has 0 atom stereocenters. The van der Waals surface area contributed by atoms with Crippen LogP contribution in [0.4, 0.5) is 0 Å². The van der Waals surface area contributed by atoms with Gasteiger partial charge in [-0.25, -0.2) is 14.8 Å². The first-order valence-electron chi connectivity index (χ1n) is 2.64. The molecule has 4 nitrogen and oxygen atoms in total. The molecule has 0 saturated heterocycles. The zero-order valence-electron chi connectivity index (χ0n) is 5.38. The van der Waals surface area contributed by atoms with Crippen LogP contribution >= 0.6 is 45.8 Å². The normalized spacial score (nSPS) is 9.92. The molecule has 64 valence electrons. The van der Waals surface area contributed by atoms with Crippen LogP contribution in [0.15, 0.2) is 0 Å². The average molecular weight is 319 g/mol. The van der Waals surface area contributed by atoms with E-state index in [-0.39, 0.29) is 19.7 Å². The Morgan fingerprint density at radius 1 is 1.42 bits per heavy atom. The molecule has 0 unspecified atom stereocenters. The van der Waals surface area contributed by atoms with Gasteiger partial charge >= 0.3 is 5.97 Å². The first-order valence-corrected chi connectivity index (χ1v) is 4.47. The van der Waals surface area contributed by atoms with E-state index in [1.54, 1.807) is 22.6 Å². The summed E-state index contributed by atoms with van der Waals surface area (Å²) in [6, 6.07) is 0. The summed E-state index contributed by atoms with van der Waals surface area (Å²) in [7, 11) is 0. The van der Waals surface area contributed by atoms with Gasteiger partial charge in [0.15, 0.2) is 14.7 Å². The molecule has 1 N–H and O–H groups in total. The molecule has 1 aromatic heterocycles. The summed E-state index contributed by atoms with van der Waals surface area (Å²) in [5.74, 6) is -1.22. The highest BCUT2D eigenvalue weighted by Crippen LogP contribution is 2.22. The number of aromatic nitrogens is 2. The van der Waals surface area contributed by atoms with Gasteiger partial charge in [0.1, 0.15) is 5.02 Å². The lowest BCUT2D eigenvalue weighted by Crippen LogP contribution is -2.04. The number of nitrogens with zero attached hydrogens (tertiary/aromatic N) is 2. The summed E-state index contributed by atoms with van der Waals surface area (Å²) in [6.07, 6.45) is 0. The third-order valence-corrected chi connectivity index (χ3v) is 2.20. The van der Waals surface area contributed by atoms with Crippen LogP contribution in [0.2, 0.25) is 10.2 Å². The Hall–Kier alpha value is -0.140. The van der Waals surface area contributed by atoms with Crippen molar-refractivity contribution in [1.82, 2.24) is 9.97 Å². The largest absolute Gasteiger partial charge is 0.476 e. The number of carbonyl (C=O) groups is 1. The molecule has 1 rings (SSSR count). The molecule has 0 aromatic carbocycles. The van der Waals surface area contributed by atoms with E-state index in [1.807, 2.05) is 0 Å². The van der Waals surface area contributed by atoms with E-state index in [0.29, 0.717) is 0 Å². The van der Waals surface area contributed by atoms with Crippen molar-refractivity contribution in [1.29, 1.82) is 0 Å². The van der Waals surface area contributed by atoms with Crippen molar-refractivity contribution in [2.24, 2.45) is 0 Å². The van der Waals surface area contributed by atoms with Crippen molar-refractivity contribution in [3.8, 4) is 0 Å². The highest BCUT2D eigenvalue weighted by atomic mass is 127. The van der Waals surface area contributed by atoms with Crippen molar-refractivity contribution in [3.05, 3.63) is 19.7 Å². The maximum Gasteiger partial charge on any atom is 0.356 e. The van der Waals surface area contributed by atoms with Gasteiger partial charge in [0.25, 0.3) is 0 Å². The molecule has 0 bridgehead atoms. The highest BCUT2D eigenvalue weighted by Gasteiger charge is 2.15. The van der Waals surface area contributed by atoms with Gasteiger partial charge in [-0.3, -0.25) is 0 Å². The minimum Gasteiger partial charge on any atom is -0.476 e. The van der Waals surface area contributed by atoms with Gasteiger partial charge in [-0.2, -0.15) is 0 Å². The number of carboxylic acids is 1. The summed E-state index contributed by atoms with van der Waals surface area (Å²) < 4.78 is 0.249. The van der Waals surface area contributed by atoms with E-state index in [2.05, 4.69) is 9.97 Å². The fraction of sp³-hybridized carbons (Fsp3) is 0. The fourth-order valence-electron chi connectivity index (χ4n) is 0.536. The lowest BCUT2D eigenvalue weighted by atomic mass is 10.4. The fourth-order valence-corrected chi connectivity index (χ4v) is 1.50. The average Bonchev–Trinajstić information content (AvgIpc) is 1.96. The molecule has 12 heavy (non-hydrogen) atoms. The highest BCUT2D eigenvalue weighted by molar-refractivity contribution is 14.1. The number of carboxylic acid groups (broad SMARTS) is 1. The molecule has 0 radical (unpaired) electrons. The second kappa shape index (κ2) is 3.71. The molecule has 0 aliphatic heterocycles. The molecular weight excluding hydrogens is 318 g/mol. The van der Waals surface area contributed by atoms with Crippen molar-refractivity contribution in [3.63, 3.8) is 0 Å². The minimum atomic E-state index is -1.22. The van der Waals surface area contributed by atoms with Crippen LogP contribution in [-0.4, -0.2) is 21.0 Å². The molecule has 7 heteroatoms. The minimum absolute atomic E-state index is 0.0477. The van der Waals surface area contributed by atoms with E-state index in [9.17, 15) is 4.79 Å². The van der Waals surface area contributed by atoms with E-state index >= 15 is 0 Å². The SMILES string of the molecule is O=C(O)c1nc(I)nc(Cl)c1Cl. The second-order valence-corrected chi connectivity index (χ2v) is 3.45. The second-order valence-electron chi connectivity index (χ2n) is 1.75. The van der Waals surface area contributed by atoms with Gasteiger partial charge < -0.3 is 5.11 Å². The topological polar surface area (TPSA) is 63.1 Å². The van der Waals surface area contributed by atoms with Gasteiger partial charge in [0.05, 0.1) is 0 Å².